The fraction of sp³-hybridized carbons (Fsp3) is 0.896. The SMILES string of the molecule is CCCCCC/C=C\C=C/CCCCCCCC(=O)OC[C@H](COP(=O)(O)OC[C@@H](O)COP(=O)(O)OC[C@@H](COC(=O)CCCCCCCCCCC(C)CC)OC(=O)CCCCCCCCCCCCCCC)OC(=O)CCCCCCCCCCCCCCCC(C)C. The van der Waals surface area contributed by atoms with Crippen molar-refractivity contribution in [2.75, 3.05) is 39.6 Å². The van der Waals surface area contributed by atoms with Gasteiger partial charge in [0, 0.05) is 25.7 Å². The highest BCUT2D eigenvalue weighted by Gasteiger charge is 2.30. The van der Waals surface area contributed by atoms with Gasteiger partial charge in [0.2, 0.25) is 0 Å². The number of ether oxygens (including phenoxy) is 4. The number of hydrogen-bond donors (Lipinski definition) is 3. The van der Waals surface area contributed by atoms with Crippen LogP contribution in [0, 0.1) is 11.8 Å². The molecule has 0 saturated heterocycles. The van der Waals surface area contributed by atoms with Gasteiger partial charge < -0.3 is 33.8 Å². The van der Waals surface area contributed by atoms with Gasteiger partial charge in [-0.3, -0.25) is 37.3 Å². The van der Waals surface area contributed by atoms with Gasteiger partial charge in [-0.05, 0) is 63.2 Å². The second kappa shape index (κ2) is 68.3. The second-order valence-electron chi connectivity index (χ2n) is 27.8. The minimum absolute atomic E-state index is 0.100. The Morgan fingerprint density at radius 2 is 0.615 bits per heavy atom. The molecular weight excluding hydrogens is 1260 g/mol. The van der Waals surface area contributed by atoms with Crippen LogP contribution in [0.5, 0.6) is 0 Å². The Morgan fingerprint density at radius 1 is 0.344 bits per heavy atom. The Balaban J connectivity index is 5.30. The Bertz CT molecular complexity index is 1950. The van der Waals surface area contributed by atoms with Gasteiger partial charge in [-0.15, -0.1) is 0 Å². The number of phosphoric ester groups is 2. The normalized spacial score (nSPS) is 14.4. The molecule has 17 nitrogen and oxygen atoms in total. The molecule has 0 radical (unpaired) electrons. The number of rotatable bonds is 74. The van der Waals surface area contributed by atoms with Crippen LogP contribution in [-0.2, 0) is 65.4 Å². The van der Waals surface area contributed by atoms with Gasteiger partial charge in [-0.1, -0.05) is 323 Å². The number of phosphoric acid groups is 2. The maximum Gasteiger partial charge on any atom is 0.472 e. The van der Waals surface area contributed by atoms with E-state index in [0.717, 1.165) is 121 Å². The number of allylic oxidation sites excluding steroid dienone is 4. The molecule has 566 valence electrons. The predicted octanol–water partition coefficient (Wildman–Crippen LogP) is 22.3. The van der Waals surface area contributed by atoms with Crippen LogP contribution in [0.1, 0.15) is 375 Å². The van der Waals surface area contributed by atoms with E-state index in [-0.39, 0.29) is 25.7 Å². The van der Waals surface area contributed by atoms with Crippen molar-refractivity contribution in [2.45, 2.75) is 394 Å². The molecule has 0 aliphatic carbocycles. The minimum atomic E-state index is -4.97. The van der Waals surface area contributed by atoms with Crippen LogP contribution in [0.2, 0.25) is 0 Å². The number of esters is 4. The summed E-state index contributed by atoms with van der Waals surface area (Å²) in [5.41, 5.74) is 0. The highest BCUT2D eigenvalue weighted by molar-refractivity contribution is 7.47. The van der Waals surface area contributed by atoms with Crippen LogP contribution >= 0.6 is 15.6 Å². The Morgan fingerprint density at radius 3 is 0.938 bits per heavy atom. The average Bonchev–Trinajstić information content (AvgIpc) is 1.23. The van der Waals surface area contributed by atoms with Crippen LogP contribution in [0.4, 0.5) is 0 Å². The summed E-state index contributed by atoms with van der Waals surface area (Å²) in [5, 5.41) is 10.6. The third kappa shape index (κ3) is 68.7. The summed E-state index contributed by atoms with van der Waals surface area (Å²) >= 11 is 0. The van der Waals surface area contributed by atoms with E-state index in [1.165, 1.54) is 173 Å². The lowest BCUT2D eigenvalue weighted by Gasteiger charge is -2.21. The smallest absolute Gasteiger partial charge is 0.462 e. The lowest BCUT2D eigenvalue weighted by Crippen LogP contribution is -2.30. The van der Waals surface area contributed by atoms with Crippen LogP contribution < -0.4 is 0 Å². The molecule has 0 heterocycles. The summed E-state index contributed by atoms with van der Waals surface area (Å²) in [4.78, 5) is 72.9. The summed E-state index contributed by atoms with van der Waals surface area (Å²) in [5.74, 6) is -0.583. The van der Waals surface area contributed by atoms with Crippen molar-refractivity contribution in [1.82, 2.24) is 0 Å². The van der Waals surface area contributed by atoms with Gasteiger partial charge in [-0.25, -0.2) is 9.13 Å². The van der Waals surface area contributed by atoms with Gasteiger partial charge in [0.25, 0.3) is 0 Å². The zero-order valence-corrected chi connectivity index (χ0v) is 63.9. The van der Waals surface area contributed by atoms with Crippen LogP contribution in [0.25, 0.3) is 0 Å². The van der Waals surface area contributed by atoms with E-state index in [2.05, 4.69) is 65.8 Å². The first-order chi connectivity index (χ1) is 46.4. The maximum absolute atomic E-state index is 13.1. The first-order valence-electron chi connectivity index (χ1n) is 39.3. The maximum atomic E-state index is 13.1. The number of hydrogen-bond acceptors (Lipinski definition) is 15. The molecule has 0 aliphatic heterocycles. The van der Waals surface area contributed by atoms with E-state index in [1.807, 2.05) is 0 Å². The first kappa shape index (κ1) is 93.5. The van der Waals surface area contributed by atoms with Crippen molar-refractivity contribution < 1.29 is 80.2 Å². The molecule has 96 heavy (non-hydrogen) atoms. The van der Waals surface area contributed by atoms with E-state index in [4.69, 9.17) is 37.0 Å². The third-order valence-corrected chi connectivity index (χ3v) is 19.6. The molecule has 0 aromatic carbocycles. The Labute approximate surface area is 586 Å². The van der Waals surface area contributed by atoms with E-state index < -0.39 is 97.5 Å². The van der Waals surface area contributed by atoms with Crippen molar-refractivity contribution in [3.05, 3.63) is 24.3 Å². The first-order valence-corrected chi connectivity index (χ1v) is 42.3. The summed E-state index contributed by atoms with van der Waals surface area (Å²) in [6.45, 7) is 9.56. The van der Waals surface area contributed by atoms with Gasteiger partial charge in [0.15, 0.2) is 12.2 Å². The zero-order valence-electron chi connectivity index (χ0n) is 62.2. The number of aliphatic hydroxyl groups is 1. The van der Waals surface area contributed by atoms with Gasteiger partial charge in [-0.2, -0.15) is 0 Å². The van der Waals surface area contributed by atoms with Crippen LogP contribution in [0.3, 0.4) is 0 Å². The molecule has 0 spiro atoms. The van der Waals surface area contributed by atoms with E-state index in [1.54, 1.807) is 0 Å². The summed E-state index contributed by atoms with van der Waals surface area (Å²) in [6.07, 6.45) is 58.9. The number of unbranched alkanes of at least 4 members (excludes halogenated alkanes) is 40. The van der Waals surface area contributed by atoms with Crippen molar-refractivity contribution >= 4 is 39.5 Å². The molecule has 0 bridgehead atoms. The molecule has 0 aromatic rings. The fourth-order valence-corrected chi connectivity index (χ4v) is 12.8. The van der Waals surface area contributed by atoms with Gasteiger partial charge in [0.05, 0.1) is 26.4 Å². The molecule has 3 N–H and O–H groups in total. The van der Waals surface area contributed by atoms with E-state index in [0.29, 0.717) is 25.7 Å². The van der Waals surface area contributed by atoms with Crippen molar-refractivity contribution in [3.8, 4) is 0 Å². The highest BCUT2D eigenvalue weighted by atomic mass is 31.2. The largest absolute Gasteiger partial charge is 0.472 e. The number of aliphatic hydroxyl groups excluding tert-OH is 1. The topological polar surface area (TPSA) is 237 Å². The van der Waals surface area contributed by atoms with Gasteiger partial charge >= 0.3 is 39.5 Å². The number of carbonyl (C=O) groups excluding carboxylic acids is 4. The lowest BCUT2D eigenvalue weighted by molar-refractivity contribution is -0.161. The predicted molar refractivity (Wildman–Crippen MR) is 391 cm³/mol. The Hall–Kier alpha value is -2.46. The molecule has 19 heteroatoms. The lowest BCUT2D eigenvalue weighted by atomic mass is 9.99. The van der Waals surface area contributed by atoms with E-state index >= 15 is 0 Å². The van der Waals surface area contributed by atoms with Crippen molar-refractivity contribution in [1.29, 1.82) is 0 Å². The second-order valence-corrected chi connectivity index (χ2v) is 30.7. The van der Waals surface area contributed by atoms with E-state index in [9.17, 15) is 43.2 Å². The standard InChI is InChI=1S/C77H146O17P2/c1-7-10-12-14-16-18-20-22-23-27-30-34-41-47-53-59-74(79)87-65-72(93-77(82)62-56-50-44-36-32-28-24-26-29-33-39-45-51-57-69(4)5)67-91-95(83,84)89-63-71(78)64-90-96(85,86)92-68-73(66-88-75(80)60-54-48-42-38-37-40-46-52-58-70(6)9-3)94-76(81)61-55-49-43-35-31-25-21-19-17-15-13-11-8-2/h18,20,22-23,69-73,78H,7-17,19,21,24-68H2,1-6H3,(H,83,84)(H,85,86)/b20-18-,23-22-/t70?,71-,72-,73-/m1/s1. The third-order valence-electron chi connectivity index (χ3n) is 17.7. The fourth-order valence-electron chi connectivity index (χ4n) is 11.3. The van der Waals surface area contributed by atoms with Crippen molar-refractivity contribution in [3.63, 3.8) is 0 Å². The zero-order chi connectivity index (χ0) is 70.7. The number of carbonyl (C=O) groups is 4. The molecule has 6 atom stereocenters. The summed E-state index contributed by atoms with van der Waals surface area (Å²) in [7, 11) is -9.93. The Kier molecular flexibility index (Phi) is 66.6. The molecule has 0 fully saturated rings. The average molecular weight is 1410 g/mol. The molecular formula is C77H146O17P2. The summed E-state index contributed by atoms with van der Waals surface area (Å²) in [6, 6.07) is 0. The summed E-state index contributed by atoms with van der Waals surface area (Å²) < 4.78 is 68.5. The molecule has 0 amide bonds. The molecule has 0 saturated carbocycles. The monoisotopic (exact) mass is 1410 g/mol. The highest BCUT2D eigenvalue weighted by Crippen LogP contribution is 2.45. The van der Waals surface area contributed by atoms with Crippen LogP contribution in [-0.4, -0.2) is 96.7 Å². The minimum Gasteiger partial charge on any atom is -0.462 e. The van der Waals surface area contributed by atoms with Crippen molar-refractivity contribution in [2.24, 2.45) is 11.8 Å². The van der Waals surface area contributed by atoms with Crippen LogP contribution in [0.15, 0.2) is 24.3 Å². The molecule has 0 aromatic heterocycles. The quantitative estimate of drug-likeness (QED) is 0.0169. The molecule has 0 aliphatic rings. The molecule has 3 unspecified atom stereocenters. The molecule has 0 rings (SSSR count). The van der Waals surface area contributed by atoms with Gasteiger partial charge in [0.1, 0.15) is 19.3 Å².